The van der Waals surface area contributed by atoms with E-state index in [1.165, 1.54) is 0 Å². The molecule has 0 saturated carbocycles. The Morgan fingerprint density at radius 1 is 0.365 bits per heavy atom. The molecule has 0 aliphatic heterocycles. The molecule has 0 amide bonds. The molecule has 0 N–H and O–H groups in total. The van der Waals surface area contributed by atoms with Gasteiger partial charge in [0.15, 0.2) is 0 Å². The predicted molar refractivity (Wildman–Crippen MR) is 209 cm³/mol. The molecule has 7 nitrogen and oxygen atoms in total. The number of aromatic nitrogens is 5. The van der Waals surface area contributed by atoms with Crippen LogP contribution in [0, 0.1) is 0 Å². The van der Waals surface area contributed by atoms with Crippen LogP contribution in [0.25, 0.3) is 77.0 Å². The Labute approximate surface area is 298 Å². The highest BCUT2D eigenvalue weighted by Gasteiger charge is 2.15. The van der Waals surface area contributed by atoms with Crippen molar-refractivity contribution in [2.75, 3.05) is 4.90 Å². The van der Waals surface area contributed by atoms with Gasteiger partial charge in [0.1, 0.15) is 11.2 Å². The van der Waals surface area contributed by atoms with Gasteiger partial charge in [0.2, 0.25) is 0 Å². The van der Waals surface area contributed by atoms with Crippen molar-refractivity contribution in [2.24, 2.45) is 0 Å². The lowest BCUT2D eigenvalue weighted by molar-refractivity contribution is 0.668. The van der Waals surface area contributed by atoms with Crippen LogP contribution in [0.4, 0.5) is 17.1 Å². The highest BCUT2D eigenvalue weighted by atomic mass is 16.3. The summed E-state index contributed by atoms with van der Waals surface area (Å²) in [7, 11) is 0. The summed E-state index contributed by atoms with van der Waals surface area (Å²) in [5.41, 5.74) is 11.2. The molecule has 0 fully saturated rings. The molecule has 0 spiro atoms. The molecule has 10 rings (SSSR count). The molecule has 0 atom stereocenters. The summed E-state index contributed by atoms with van der Waals surface area (Å²) in [4.78, 5) is 7.09. The lowest BCUT2D eigenvalue weighted by Crippen LogP contribution is -2.09. The molecule has 0 radical (unpaired) electrons. The minimum Gasteiger partial charge on any atom is -0.456 e. The second kappa shape index (κ2) is 12.3. The summed E-state index contributed by atoms with van der Waals surface area (Å²) in [5, 5.41) is 22.5. The minimum absolute atomic E-state index is 0.829. The number of nitrogens with zero attached hydrogens (tertiary/aromatic N) is 6. The second-order valence-corrected chi connectivity index (χ2v) is 12.8. The number of para-hydroxylation sites is 1. The van der Waals surface area contributed by atoms with Crippen molar-refractivity contribution < 1.29 is 4.42 Å². The fourth-order valence-corrected chi connectivity index (χ4v) is 6.96. The second-order valence-electron chi connectivity index (χ2n) is 12.8. The van der Waals surface area contributed by atoms with Crippen molar-refractivity contribution in [2.45, 2.75) is 0 Å². The van der Waals surface area contributed by atoms with Gasteiger partial charge in [-0.05, 0) is 76.9 Å². The molecule has 4 aromatic heterocycles. The van der Waals surface area contributed by atoms with Gasteiger partial charge in [-0.2, -0.15) is 20.4 Å². The van der Waals surface area contributed by atoms with Gasteiger partial charge in [-0.25, -0.2) is 0 Å². The number of hydrogen-bond acceptors (Lipinski definition) is 7. The van der Waals surface area contributed by atoms with Gasteiger partial charge in [0, 0.05) is 67.2 Å². The Bertz CT molecular complexity index is 2780. The van der Waals surface area contributed by atoms with Gasteiger partial charge in [-0.3, -0.25) is 4.98 Å². The van der Waals surface area contributed by atoms with Crippen LogP contribution in [0.5, 0.6) is 0 Å². The Kier molecular flexibility index (Phi) is 6.99. The Morgan fingerprint density at radius 2 is 0.846 bits per heavy atom. The zero-order chi connectivity index (χ0) is 34.4. The third kappa shape index (κ3) is 5.28. The maximum absolute atomic E-state index is 6.16. The van der Waals surface area contributed by atoms with Crippen molar-refractivity contribution in [3.63, 3.8) is 0 Å². The van der Waals surface area contributed by atoms with Crippen molar-refractivity contribution in [3.8, 4) is 33.5 Å². The van der Waals surface area contributed by atoms with E-state index in [-0.39, 0.29) is 0 Å². The van der Waals surface area contributed by atoms with E-state index in [9.17, 15) is 0 Å². The normalized spacial score (nSPS) is 11.5. The molecule has 7 heteroatoms. The average molecular weight is 669 g/mol. The summed E-state index contributed by atoms with van der Waals surface area (Å²) < 4.78 is 6.16. The number of fused-ring (bicyclic) bond motifs is 5. The third-order valence-corrected chi connectivity index (χ3v) is 9.70. The predicted octanol–water partition coefficient (Wildman–Crippen LogP) is 11.3. The molecule has 0 aliphatic carbocycles. The van der Waals surface area contributed by atoms with Crippen molar-refractivity contribution >= 4 is 60.5 Å². The van der Waals surface area contributed by atoms with Gasteiger partial charge in [-0.1, -0.05) is 78.9 Å². The lowest BCUT2D eigenvalue weighted by Gasteiger charge is -2.26. The first-order valence-corrected chi connectivity index (χ1v) is 17.0. The van der Waals surface area contributed by atoms with Gasteiger partial charge in [0.05, 0.1) is 30.5 Å². The summed E-state index contributed by atoms with van der Waals surface area (Å²) in [6.07, 6.45) is 9.10. The zero-order valence-corrected chi connectivity index (χ0v) is 27.8. The SMILES string of the molecule is c1ccc2c(c1)oc1cc(-c3ccc(N(c4ccc(-c5ccc6cnncc6c5)cc4)c4ccc(-c5ccc6cnncc6c5)cc4)cc3)ncc12. The highest BCUT2D eigenvalue weighted by Crippen LogP contribution is 2.38. The van der Waals surface area contributed by atoms with E-state index in [1.54, 1.807) is 24.8 Å². The largest absolute Gasteiger partial charge is 0.456 e. The first kappa shape index (κ1) is 29.6. The van der Waals surface area contributed by atoms with E-state index < -0.39 is 0 Å². The number of furan rings is 1. The minimum atomic E-state index is 0.829. The number of pyridine rings is 1. The molecule has 0 bridgehead atoms. The maximum atomic E-state index is 6.16. The van der Waals surface area contributed by atoms with E-state index >= 15 is 0 Å². The molecule has 6 aromatic carbocycles. The van der Waals surface area contributed by atoms with Gasteiger partial charge >= 0.3 is 0 Å². The highest BCUT2D eigenvalue weighted by molar-refractivity contribution is 6.05. The van der Waals surface area contributed by atoms with E-state index in [2.05, 4.69) is 141 Å². The van der Waals surface area contributed by atoms with Crippen LogP contribution in [-0.2, 0) is 0 Å². The van der Waals surface area contributed by atoms with Crippen LogP contribution in [0.3, 0.4) is 0 Å². The van der Waals surface area contributed by atoms with Crippen molar-refractivity contribution in [3.05, 3.63) is 171 Å². The molecule has 0 saturated heterocycles. The summed E-state index contributed by atoms with van der Waals surface area (Å²) in [6, 6.07) is 48.8. The number of anilines is 3. The topological polar surface area (TPSA) is 80.8 Å². The number of rotatable bonds is 6. The van der Waals surface area contributed by atoms with Gasteiger partial charge in [-0.15, -0.1) is 0 Å². The molecule has 52 heavy (non-hydrogen) atoms. The zero-order valence-electron chi connectivity index (χ0n) is 27.8. The van der Waals surface area contributed by atoms with Crippen LogP contribution < -0.4 is 4.90 Å². The standard InChI is InChI=1S/C45H28N6O/c1-2-4-44-41(3-1)42-28-46-43(23-45(42)52-44)31-13-19-40(20-14-31)51(38-15-9-29(10-16-38)32-5-7-34-24-47-49-26-36(34)21-32)39-17-11-30(12-18-39)33-6-8-35-25-48-50-27-37(35)22-33/h1-28H. The smallest absolute Gasteiger partial charge is 0.139 e. The van der Waals surface area contributed by atoms with Crippen LogP contribution in [0.2, 0.25) is 0 Å². The van der Waals surface area contributed by atoms with Crippen LogP contribution in [-0.4, -0.2) is 25.4 Å². The van der Waals surface area contributed by atoms with Crippen LogP contribution in [0.15, 0.2) is 175 Å². The molecule has 10 aromatic rings. The average Bonchev–Trinajstić information content (AvgIpc) is 3.59. The van der Waals surface area contributed by atoms with Gasteiger partial charge in [0.25, 0.3) is 0 Å². The molecule has 244 valence electrons. The number of hydrogen-bond donors (Lipinski definition) is 0. The van der Waals surface area contributed by atoms with Crippen molar-refractivity contribution in [1.82, 2.24) is 25.4 Å². The van der Waals surface area contributed by atoms with E-state index in [4.69, 9.17) is 9.40 Å². The maximum Gasteiger partial charge on any atom is 0.139 e. The fourth-order valence-electron chi connectivity index (χ4n) is 6.96. The molecule has 0 aliphatic rings. The van der Waals surface area contributed by atoms with Crippen LogP contribution in [0.1, 0.15) is 0 Å². The quantitative estimate of drug-likeness (QED) is 0.174. The van der Waals surface area contributed by atoms with E-state index in [0.717, 1.165) is 94.1 Å². The lowest BCUT2D eigenvalue weighted by atomic mass is 10.0. The molecular formula is C45H28N6O. The van der Waals surface area contributed by atoms with E-state index in [0.29, 0.717) is 0 Å². The molecule has 0 unspecified atom stereocenters. The van der Waals surface area contributed by atoms with Crippen LogP contribution >= 0.6 is 0 Å². The first-order valence-electron chi connectivity index (χ1n) is 17.0. The Morgan fingerprint density at radius 3 is 1.40 bits per heavy atom. The molecular weight excluding hydrogens is 641 g/mol. The third-order valence-electron chi connectivity index (χ3n) is 9.70. The Hall–Kier alpha value is -7.25. The summed E-state index contributed by atoms with van der Waals surface area (Å²) >= 11 is 0. The number of benzene rings is 6. The molecule has 4 heterocycles. The van der Waals surface area contributed by atoms with E-state index in [1.807, 2.05) is 30.5 Å². The summed E-state index contributed by atoms with van der Waals surface area (Å²) in [6.45, 7) is 0. The van der Waals surface area contributed by atoms with Crippen molar-refractivity contribution in [1.29, 1.82) is 0 Å². The Balaban J connectivity index is 1.02. The van der Waals surface area contributed by atoms with Gasteiger partial charge < -0.3 is 9.32 Å². The monoisotopic (exact) mass is 668 g/mol. The summed E-state index contributed by atoms with van der Waals surface area (Å²) in [5.74, 6) is 0. The fraction of sp³-hybridized carbons (Fsp3) is 0. The first-order chi connectivity index (χ1) is 25.7.